The molecule has 4 heteroatoms. The molecule has 4 rings (SSSR count). The number of aryl methyl sites for hydroxylation is 1. The second-order valence-corrected chi connectivity index (χ2v) is 7.14. The second-order valence-electron chi connectivity index (χ2n) is 6.70. The minimum Gasteiger partial charge on any atom is -0.359 e. The van der Waals surface area contributed by atoms with E-state index in [4.69, 9.17) is 16.3 Å². The fourth-order valence-electron chi connectivity index (χ4n) is 3.88. The zero-order chi connectivity index (χ0) is 17.6. The van der Waals surface area contributed by atoms with Crippen molar-refractivity contribution in [1.82, 2.24) is 0 Å². The summed E-state index contributed by atoms with van der Waals surface area (Å²) in [6, 6.07) is 13.6. The third-order valence-corrected chi connectivity index (χ3v) is 5.49. The predicted molar refractivity (Wildman–Crippen MR) is 96.9 cm³/mol. The van der Waals surface area contributed by atoms with Gasteiger partial charge < -0.3 is 4.74 Å². The molecule has 0 saturated carbocycles. The van der Waals surface area contributed by atoms with Gasteiger partial charge in [0.2, 0.25) is 0 Å². The van der Waals surface area contributed by atoms with Gasteiger partial charge in [-0.05, 0) is 59.7 Å². The van der Waals surface area contributed by atoms with Gasteiger partial charge in [-0.1, -0.05) is 42.8 Å². The van der Waals surface area contributed by atoms with Crippen LogP contribution in [0.3, 0.4) is 0 Å². The Bertz CT molecular complexity index is 819. The van der Waals surface area contributed by atoms with E-state index in [2.05, 4.69) is 0 Å². The summed E-state index contributed by atoms with van der Waals surface area (Å²) in [7, 11) is 0. The SMILES string of the molecule is CCc1ccc(-c2ccc(Cl)cc2)cc1C1C(=O)[C@@H]2CC[C@@H](O2)C1=O. The summed E-state index contributed by atoms with van der Waals surface area (Å²) in [5.41, 5.74) is 3.89. The van der Waals surface area contributed by atoms with Crippen molar-refractivity contribution in [3.63, 3.8) is 0 Å². The smallest absolute Gasteiger partial charge is 0.176 e. The number of ketones is 2. The highest BCUT2D eigenvalue weighted by Gasteiger charge is 2.49. The van der Waals surface area contributed by atoms with E-state index in [-0.39, 0.29) is 11.6 Å². The van der Waals surface area contributed by atoms with Gasteiger partial charge in [-0.25, -0.2) is 0 Å². The lowest BCUT2D eigenvalue weighted by Crippen LogP contribution is -2.42. The van der Waals surface area contributed by atoms with E-state index >= 15 is 0 Å². The molecule has 3 atom stereocenters. The molecule has 0 aromatic heterocycles. The molecule has 2 aliphatic rings. The maximum atomic E-state index is 12.8. The number of benzene rings is 2. The van der Waals surface area contributed by atoms with Gasteiger partial charge >= 0.3 is 0 Å². The van der Waals surface area contributed by atoms with Crippen molar-refractivity contribution < 1.29 is 14.3 Å². The Morgan fingerprint density at radius 3 is 2.16 bits per heavy atom. The number of Topliss-reactive ketones (excluding diaryl/α,β-unsaturated/α-hetero) is 2. The van der Waals surface area contributed by atoms with E-state index in [0.717, 1.165) is 28.7 Å². The first kappa shape index (κ1) is 16.5. The quantitative estimate of drug-likeness (QED) is 0.769. The number of hydrogen-bond acceptors (Lipinski definition) is 3. The molecule has 25 heavy (non-hydrogen) atoms. The molecule has 0 radical (unpaired) electrons. The average Bonchev–Trinajstić information content (AvgIpc) is 3.08. The topological polar surface area (TPSA) is 43.4 Å². The van der Waals surface area contributed by atoms with Crippen LogP contribution in [0, 0.1) is 0 Å². The molecule has 2 heterocycles. The van der Waals surface area contributed by atoms with Gasteiger partial charge in [0.25, 0.3) is 0 Å². The molecule has 0 spiro atoms. The fraction of sp³-hybridized carbons (Fsp3) is 0.333. The molecular formula is C21H19ClO3. The van der Waals surface area contributed by atoms with Crippen LogP contribution < -0.4 is 0 Å². The Balaban J connectivity index is 1.80. The van der Waals surface area contributed by atoms with Gasteiger partial charge in [0.15, 0.2) is 11.6 Å². The van der Waals surface area contributed by atoms with Gasteiger partial charge in [0, 0.05) is 5.02 Å². The van der Waals surface area contributed by atoms with E-state index in [0.29, 0.717) is 17.9 Å². The van der Waals surface area contributed by atoms with Gasteiger partial charge in [0.1, 0.15) is 18.1 Å². The lowest BCUT2D eigenvalue weighted by molar-refractivity contribution is -0.150. The first-order chi connectivity index (χ1) is 12.1. The van der Waals surface area contributed by atoms with Gasteiger partial charge in [-0.2, -0.15) is 0 Å². The summed E-state index contributed by atoms with van der Waals surface area (Å²) in [5, 5.41) is 0.681. The number of fused-ring (bicyclic) bond motifs is 2. The first-order valence-electron chi connectivity index (χ1n) is 8.70. The van der Waals surface area contributed by atoms with Crippen molar-refractivity contribution in [3.05, 3.63) is 58.6 Å². The summed E-state index contributed by atoms with van der Waals surface area (Å²) in [5.74, 6) is -0.850. The number of rotatable bonds is 3. The molecule has 2 aromatic carbocycles. The van der Waals surface area contributed by atoms with Crippen molar-refractivity contribution >= 4 is 23.2 Å². The monoisotopic (exact) mass is 354 g/mol. The van der Waals surface area contributed by atoms with Crippen LogP contribution in [0.2, 0.25) is 5.02 Å². The summed E-state index contributed by atoms with van der Waals surface area (Å²) < 4.78 is 5.56. The zero-order valence-electron chi connectivity index (χ0n) is 14.0. The van der Waals surface area contributed by atoms with Crippen LogP contribution in [0.1, 0.15) is 36.8 Å². The molecule has 0 N–H and O–H groups in total. The Labute approximate surface area is 152 Å². The van der Waals surface area contributed by atoms with Crippen LogP contribution >= 0.6 is 11.6 Å². The highest BCUT2D eigenvalue weighted by molar-refractivity contribution is 6.30. The molecule has 2 saturated heterocycles. The number of hydrogen-bond donors (Lipinski definition) is 0. The first-order valence-corrected chi connectivity index (χ1v) is 9.08. The van der Waals surface area contributed by atoms with E-state index in [1.54, 1.807) is 0 Å². The second kappa shape index (κ2) is 6.40. The average molecular weight is 355 g/mol. The van der Waals surface area contributed by atoms with Crippen molar-refractivity contribution in [2.24, 2.45) is 0 Å². The van der Waals surface area contributed by atoms with Crippen LogP contribution in [0.15, 0.2) is 42.5 Å². The van der Waals surface area contributed by atoms with Crippen LogP contribution in [0.5, 0.6) is 0 Å². The predicted octanol–water partition coefficient (Wildman–Crippen LogP) is 4.35. The molecule has 2 aliphatic heterocycles. The van der Waals surface area contributed by atoms with Crippen LogP contribution in [-0.4, -0.2) is 23.8 Å². The van der Waals surface area contributed by atoms with Crippen molar-refractivity contribution in [1.29, 1.82) is 0 Å². The molecule has 2 fully saturated rings. The largest absolute Gasteiger partial charge is 0.359 e. The lowest BCUT2D eigenvalue weighted by Gasteiger charge is -2.27. The molecule has 128 valence electrons. The van der Waals surface area contributed by atoms with E-state index in [1.807, 2.05) is 49.4 Å². The van der Waals surface area contributed by atoms with Crippen molar-refractivity contribution in [2.75, 3.05) is 0 Å². The van der Waals surface area contributed by atoms with E-state index in [1.165, 1.54) is 0 Å². The maximum Gasteiger partial charge on any atom is 0.176 e. The van der Waals surface area contributed by atoms with Crippen molar-refractivity contribution in [3.8, 4) is 11.1 Å². The van der Waals surface area contributed by atoms with Crippen LogP contribution in [0.4, 0.5) is 0 Å². The zero-order valence-corrected chi connectivity index (χ0v) is 14.8. The van der Waals surface area contributed by atoms with Crippen LogP contribution in [0.25, 0.3) is 11.1 Å². The van der Waals surface area contributed by atoms with Crippen molar-refractivity contribution in [2.45, 2.75) is 44.3 Å². The third kappa shape index (κ3) is 2.82. The number of halogens is 1. The summed E-state index contributed by atoms with van der Waals surface area (Å²) in [6.07, 6.45) is 1.26. The Kier molecular flexibility index (Phi) is 4.22. The lowest BCUT2D eigenvalue weighted by atomic mass is 9.82. The van der Waals surface area contributed by atoms with Crippen LogP contribution in [-0.2, 0) is 20.7 Å². The standard InChI is InChI=1S/C21H19ClO3/c1-2-12-3-4-14(13-5-7-15(22)8-6-13)11-16(12)19-20(23)17-9-10-18(25-17)21(19)24/h3-8,11,17-19H,2,9-10H2,1H3/t17-,18+,19?. The van der Waals surface area contributed by atoms with Gasteiger partial charge in [0.05, 0.1) is 0 Å². The molecular weight excluding hydrogens is 336 g/mol. The number of carbonyl (C=O) groups excluding carboxylic acids is 2. The number of carbonyl (C=O) groups is 2. The van der Waals surface area contributed by atoms with E-state index in [9.17, 15) is 9.59 Å². The Morgan fingerprint density at radius 1 is 0.960 bits per heavy atom. The minimum atomic E-state index is -0.687. The molecule has 3 nitrogen and oxygen atoms in total. The van der Waals surface area contributed by atoms with Gasteiger partial charge in [-0.15, -0.1) is 0 Å². The maximum absolute atomic E-state index is 12.8. The highest BCUT2D eigenvalue weighted by atomic mass is 35.5. The Hall–Kier alpha value is -1.97. The third-order valence-electron chi connectivity index (χ3n) is 5.24. The molecule has 1 unspecified atom stereocenters. The summed E-state index contributed by atoms with van der Waals surface area (Å²) >= 11 is 5.97. The molecule has 0 amide bonds. The van der Waals surface area contributed by atoms with Gasteiger partial charge in [-0.3, -0.25) is 9.59 Å². The van der Waals surface area contributed by atoms with E-state index < -0.39 is 18.1 Å². The Morgan fingerprint density at radius 2 is 1.56 bits per heavy atom. The number of ether oxygens (including phenoxy) is 1. The fourth-order valence-corrected chi connectivity index (χ4v) is 4.01. The summed E-state index contributed by atoms with van der Waals surface area (Å²) in [6.45, 7) is 2.05. The molecule has 2 bridgehead atoms. The molecule has 0 aliphatic carbocycles. The minimum absolute atomic E-state index is 0.0818. The highest BCUT2D eigenvalue weighted by Crippen LogP contribution is 2.38. The summed E-state index contributed by atoms with van der Waals surface area (Å²) in [4.78, 5) is 25.6. The normalized spacial score (nSPS) is 25.4. The molecule has 2 aromatic rings.